The summed E-state index contributed by atoms with van der Waals surface area (Å²) in [6, 6.07) is 12.1. The van der Waals surface area contributed by atoms with Crippen LogP contribution in [0.4, 0.5) is 4.79 Å². The van der Waals surface area contributed by atoms with Crippen molar-refractivity contribution in [3.8, 4) is 0 Å². The number of amides is 1. The molecule has 1 amide bonds. The second kappa shape index (κ2) is 10.8. The molecule has 0 aromatic heterocycles. The van der Waals surface area contributed by atoms with Crippen molar-refractivity contribution in [1.82, 2.24) is 14.5 Å². The minimum Gasteiger partial charge on any atom is -0.465 e. The fraction of sp³-hybridized carbons (Fsp3) is 0.364. The number of carbonyl (C=O) groups is 1. The predicted molar refractivity (Wildman–Crippen MR) is 125 cm³/mol. The summed E-state index contributed by atoms with van der Waals surface area (Å²) in [5, 5.41) is 32.3. The highest BCUT2D eigenvalue weighted by Crippen LogP contribution is 2.17. The van der Waals surface area contributed by atoms with Gasteiger partial charge in [0.25, 0.3) is 0 Å². The van der Waals surface area contributed by atoms with E-state index in [0.29, 0.717) is 11.1 Å². The number of nitrogens with one attached hydrogen (secondary N) is 1. The third-order valence-electron chi connectivity index (χ3n) is 5.74. The molecule has 6 N–H and O–H groups in total. The fourth-order valence-electron chi connectivity index (χ4n) is 3.79. The van der Waals surface area contributed by atoms with Crippen LogP contribution < -0.4 is 10.5 Å². The molecule has 0 saturated carbocycles. The second-order valence-electron chi connectivity index (χ2n) is 8.15. The van der Waals surface area contributed by atoms with Crippen LogP contribution in [0.2, 0.25) is 0 Å². The minimum atomic E-state index is -3.96. The van der Waals surface area contributed by atoms with E-state index in [2.05, 4.69) is 9.88 Å². The molecule has 34 heavy (non-hydrogen) atoms. The van der Waals surface area contributed by atoms with Gasteiger partial charge in [0, 0.05) is 31.7 Å². The maximum absolute atomic E-state index is 13.1. The molecule has 1 saturated heterocycles. The zero-order valence-corrected chi connectivity index (χ0v) is 19.5. The molecule has 1 aliphatic rings. The molecule has 184 valence electrons. The molecular weight excluding hydrogens is 462 g/mol. The Kier molecular flexibility index (Phi) is 8.10. The topological polar surface area (TPSA) is 169 Å². The van der Waals surface area contributed by atoms with Gasteiger partial charge < -0.3 is 26.1 Å². The zero-order chi connectivity index (χ0) is 24.9. The Morgan fingerprint density at radius 3 is 2.38 bits per heavy atom. The fourth-order valence-corrected chi connectivity index (χ4v) is 5.03. The third kappa shape index (κ3) is 6.23. The first-order chi connectivity index (χ1) is 16.1. The van der Waals surface area contributed by atoms with Gasteiger partial charge in [-0.15, -0.1) is 0 Å². The average Bonchev–Trinajstić information content (AvgIpc) is 2.83. The molecule has 12 heteroatoms. The van der Waals surface area contributed by atoms with Crippen LogP contribution in [0.1, 0.15) is 16.7 Å². The Bertz CT molecular complexity index is 1130. The zero-order valence-electron chi connectivity index (χ0n) is 18.7. The molecule has 1 aliphatic heterocycles. The highest BCUT2D eigenvalue weighted by atomic mass is 32.2. The summed E-state index contributed by atoms with van der Waals surface area (Å²) in [7, 11) is -3.96. The Balaban J connectivity index is 1.87. The normalized spacial score (nSPS) is 17.4. The summed E-state index contributed by atoms with van der Waals surface area (Å²) < 4.78 is 28.8. The number of rotatable bonds is 8. The van der Waals surface area contributed by atoms with Crippen molar-refractivity contribution in [3.63, 3.8) is 0 Å². The summed E-state index contributed by atoms with van der Waals surface area (Å²) in [5.41, 5.74) is 7.69. The smallest absolute Gasteiger partial charge is 0.407 e. The van der Waals surface area contributed by atoms with Gasteiger partial charge in [-0.25, -0.2) is 17.9 Å². The first kappa shape index (κ1) is 25.4. The molecule has 1 fully saturated rings. The van der Waals surface area contributed by atoms with Crippen LogP contribution in [0.5, 0.6) is 0 Å². The summed E-state index contributed by atoms with van der Waals surface area (Å²) >= 11 is 0. The van der Waals surface area contributed by atoms with Crippen molar-refractivity contribution in [2.75, 3.05) is 26.2 Å². The second-order valence-corrected chi connectivity index (χ2v) is 9.86. The lowest BCUT2D eigenvalue weighted by atomic mass is 10.0. The number of sulfonamides is 1. The molecule has 2 aromatic carbocycles. The molecule has 2 aromatic rings. The van der Waals surface area contributed by atoms with E-state index in [-0.39, 0.29) is 43.3 Å². The standard InChI is InChI=1S/C22H29N5O6S/c1-15-5-7-18(8-6-15)34(32,33)25-19(14-16-3-2-4-17(13-16)20(23)24-31)21(28)26-9-11-27(12-10-26)22(29)30/h2-8,13,19,21,25,28,31H,9-12,14H2,1H3,(H2,23,24)(H,29,30)/t19-,21-/m0/s1. The van der Waals surface area contributed by atoms with Gasteiger partial charge in [0.1, 0.15) is 6.23 Å². The maximum atomic E-state index is 13.1. The van der Waals surface area contributed by atoms with Crippen molar-refractivity contribution >= 4 is 22.0 Å². The van der Waals surface area contributed by atoms with Gasteiger partial charge in [0.05, 0.1) is 10.9 Å². The molecule has 2 atom stereocenters. The van der Waals surface area contributed by atoms with Gasteiger partial charge in [-0.2, -0.15) is 0 Å². The Hall–Kier alpha value is -3.19. The van der Waals surface area contributed by atoms with E-state index in [1.807, 2.05) is 6.92 Å². The van der Waals surface area contributed by atoms with E-state index in [1.54, 1.807) is 41.3 Å². The number of aliphatic hydroxyl groups excluding tert-OH is 1. The van der Waals surface area contributed by atoms with Gasteiger partial charge in [0.2, 0.25) is 10.0 Å². The number of piperazine rings is 1. The monoisotopic (exact) mass is 491 g/mol. The van der Waals surface area contributed by atoms with Crippen molar-refractivity contribution in [3.05, 3.63) is 65.2 Å². The lowest BCUT2D eigenvalue weighted by Crippen LogP contribution is -2.58. The molecule has 0 bridgehead atoms. The van der Waals surface area contributed by atoms with Crippen molar-refractivity contribution < 1.29 is 28.6 Å². The first-order valence-electron chi connectivity index (χ1n) is 10.7. The van der Waals surface area contributed by atoms with Gasteiger partial charge >= 0.3 is 6.09 Å². The van der Waals surface area contributed by atoms with Crippen molar-refractivity contribution in [2.45, 2.75) is 30.5 Å². The van der Waals surface area contributed by atoms with Crippen LogP contribution in [0, 0.1) is 6.92 Å². The minimum absolute atomic E-state index is 0.0661. The molecule has 0 aliphatic carbocycles. The van der Waals surface area contributed by atoms with E-state index in [1.165, 1.54) is 17.0 Å². The molecule has 0 radical (unpaired) electrons. The van der Waals surface area contributed by atoms with Crippen LogP contribution in [0.3, 0.4) is 0 Å². The first-order valence-corrected chi connectivity index (χ1v) is 12.1. The largest absolute Gasteiger partial charge is 0.465 e. The number of benzene rings is 2. The predicted octanol–water partition coefficient (Wildman–Crippen LogP) is 0.593. The Morgan fingerprint density at radius 1 is 1.15 bits per heavy atom. The van der Waals surface area contributed by atoms with Crippen LogP contribution in [-0.4, -0.2) is 84.0 Å². The molecule has 11 nitrogen and oxygen atoms in total. The number of hydrogen-bond acceptors (Lipinski definition) is 7. The number of oxime groups is 1. The SMILES string of the molecule is Cc1ccc(S(=O)(=O)N[C@@H](Cc2cccc(C(N)=NO)c2)[C@H](O)N2CCN(C(=O)O)CC2)cc1. The van der Waals surface area contributed by atoms with Crippen LogP contribution >= 0.6 is 0 Å². The molecule has 1 heterocycles. The lowest BCUT2D eigenvalue weighted by Gasteiger charge is -2.39. The van der Waals surface area contributed by atoms with E-state index in [9.17, 15) is 23.4 Å². The third-order valence-corrected chi connectivity index (χ3v) is 7.25. The average molecular weight is 492 g/mol. The lowest BCUT2D eigenvalue weighted by molar-refractivity contribution is -0.0403. The summed E-state index contributed by atoms with van der Waals surface area (Å²) in [5.74, 6) is -0.0935. The number of amidine groups is 1. The van der Waals surface area contributed by atoms with Gasteiger partial charge in [-0.05, 0) is 37.1 Å². The number of carboxylic acid groups (broad SMARTS) is 1. The van der Waals surface area contributed by atoms with Crippen LogP contribution in [-0.2, 0) is 16.4 Å². The van der Waals surface area contributed by atoms with Crippen molar-refractivity contribution in [1.29, 1.82) is 0 Å². The quantitative estimate of drug-likeness (QED) is 0.155. The maximum Gasteiger partial charge on any atom is 0.407 e. The highest BCUT2D eigenvalue weighted by Gasteiger charge is 2.33. The number of aliphatic hydroxyl groups is 1. The van der Waals surface area contributed by atoms with E-state index in [0.717, 1.165) is 5.56 Å². The number of hydrogen-bond donors (Lipinski definition) is 5. The number of nitrogens with zero attached hydrogens (tertiary/aromatic N) is 3. The molecule has 3 rings (SSSR count). The summed E-state index contributed by atoms with van der Waals surface area (Å²) in [4.78, 5) is 14.2. The van der Waals surface area contributed by atoms with Crippen LogP contribution in [0.15, 0.2) is 58.6 Å². The van der Waals surface area contributed by atoms with Crippen LogP contribution in [0.25, 0.3) is 0 Å². The Labute approximate surface area is 198 Å². The highest BCUT2D eigenvalue weighted by molar-refractivity contribution is 7.89. The van der Waals surface area contributed by atoms with E-state index >= 15 is 0 Å². The van der Waals surface area contributed by atoms with Crippen molar-refractivity contribution in [2.24, 2.45) is 10.9 Å². The summed E-state index contributed by atoms with van der Waals surface area (Å²) in [6.07, 6.45) is -2.15. The van der Waals surface area contributed by atoms with Gasteiger partial charge in [-0.3, -0.25) is 4.90 Å². The number of aryl methyl sites for hydroxylation is 1. The van der Waals surface area contributed by atoms with E-state index in [4.69, 9.17) is 10.9 Å². The van der Waals surface area contributed by atoms with E-state index < -0.39 is 28.4 Å². The molecular formula is C22H29N5O6S. The Morgan fingerprint density at radius 2 is 1.79 bits per heavy atom. The van der Waals surface area contributed by atoms with Gasteiger partial charge in [-0.1, -0.05) is 41.1 Å². The molecule has 0 spiro atoms. The summed E-state index contributed by atoms with van der Waals surface area (Å²) in [6.45, 7) is 2.74. The van der Waals surface area contributed by atoms with Gasteiger partial charge in [0.15, 0.2) is 5.84 Å². The number of nitrogens with two attached hydrogens (primary N) is 1. The molecule has 0 unspecified atom stereocenters.